The molecule has 1 amide bonds. The van der Waals surface area contributed by atoms with E-state index in [-0.39, 0.29) is 5.92 Å². The van der Waals surface area contributed by atoms with Crippen LogP contribution in [0.1, 0.15) is 58.8 Å². The molecule has 0 aromatic carbocycles. The molecule has 2 aliphatic heterocycles. The zero-order chi connectivity index (χ0) is 13.0. The zero-order valence-corrected chi connectivity index (χ0v) is 12.0. The molecule has 104 valence electrons. The highest BCUT2D eigenvalue weighted by Crippen LogP contribution is 2.25. The Labute approximate surface area is 111 Å². The molecule has 0 saturated carbocycles. The van der Waals surface area contributed by atoms with E-state index in [1.807, 2.05) is 0 Å². The van der Waals surface area contributed by atoms with E-state index in [0.29, 0.717) is 18.0 Å². The summed E-state index contributed by atoms with van der Waals surface area (Å²) in [6, 6.07) is 1.00. The van der Waals surface area contributed by atoms with Gasteiger partial charge in [-0.15, -0.1) is 0 Å². The standard InChI is InChI=1S/C15H28N2O/c1-3-14-7-5-4-6-10-17(14)15(18)13-8-9-16-12(2)11-13/h12-14,16H,3-11H2,1-2H3. The monoisotopic (exact) mass is 252 g/mol. The number of carbonyl (C=O) groups excluding carboxylic acids is 1. The van der Waals surface area contributed by atoms with E-state index in [2.05, 4.69) is 24.1 Å². The lowest BCUT2D eigenvalue weighted by Crippen LogP contribution is -2.47. The maximum Gasteiger partial charge on any atom is 0.226 e. The molecule has 0 aromatic heterocycles. The van der Waals surface area contributed by atoms with Crippen molar-refractivity contribution in [3.05, 3.63) is 0 Å². The van der Waals surface area contributed by atoms with E-state index in [1.165, 1.54) is 25.7 Å². The van der Waals surface area contributed by atoms with E-state index in [4.69, 9.17) is 0 Å². The van der Waals surface area contributed by atoms with Crippen molar-refractivity contribution in [3.63, 3.8) is 0 Å². The van der Waals surface area contributed by atoms with Crippen molar-refractivity contribution in [2.45, 2.75) is 70.9 Å². The lowest BCUT2D eigenvalue weighted by molar-refractivity contribution is -0.139. The minimum Gasteiger partial charge on any atom is -0.339 e. The van der Waals surface area contributed by atoms with Gasteiger partial charge in [0.15, 0.2) is 0 Å². The van der Waals surface area contributed by atoms with Gasteiger partial charge in [-0.3, -0.25) is 4.79 Å². The van der Waals surface area contributed by atoms with Crippen molar-refractivity contribution >= 4 is 5.91 Å². The molecule has 3 unspecified atom stereocenters. The lowest BCUT2D eigenvalue weighted by atomic mass is 9.91. The van der Waals surface area contributed by atoms with Crippen molar-refractivity contribution in [2.24, 2.45) is 5.92 Å². The van der Waals surface area contributed by atoms with Crippen LogP contribution in [0.4, 0.5) is 0 Å². The van der Waals surface area contributed by atoms with Crippen molar-refractivity contribution in [2.75, 3.05) is 13.1 Å². The topological polar surface area (TPSA) is 32.3 Å². The van der Waals surface area contributed by atoms with Gasteiger partial charge in [0.1, 0.15) is 0 Å². The third kappa shape index (κ3) is 3.25. The smallest absolute Gasteiger partial charge is 0.226 e. The largest absolute Gasteiger partial charge is 0.339 e. The van der Waals surface area contributed by atoms with Crippen LogP contribution in [0, 0.1) is 5.92 Å². The molecule has 18 heavy (non-hydrogen) atoms. The summed E-state index contributed by atoms with van der Waals surface area (Å²) in [6.07, 6.45) is 8.16. The Balaban J connectivity index is 2.00. The first kappa shape index (κ1) is 13.9. The summed E-state index contributed by atoms with van der Waals surface area (Å²) in [7, 11) is 0. The quantitative estimate of drug-likeness (QED) is 0.819. The first-order valence-corrected chi connectivity index (χ1v) is 7.76. The number of hydrogen-bond donors (Lipinski definition) is 1. The van der Waals surface area contributed by atoms with Gasteiger partial charge in [0.2, 0.25) is 5.91 Å². The molecular formula is C15H28N2O. The van der Waals surface area contributed by atoms with E-state index in [0.717, 1.165) is 32.4 Å². The highest BCUT2D eigenvalue weighted by Gasteiger charge is 2.31. The first-order valence-electron chi connectivity index (χ1n) is 7.76. The maximum absolute atomic E-state index is 12.7. The van der Waals surface area contributed by atoms with Crippen LogP contribution in [0.2, 0.25) is 0 Å². The second-order valence-corrected chi connectivity index (χ2v) is 6.02. The molecule has 0 aliphatic carbocycles. The number of nitrogens with zero attached hydrogens (tertiary/aromatic N) is 1. The van der Waals surface area contributed by atoms with Crippen LogP contribution in [-0.4, -0.2) is 36.0 Å². The number of carbonyl (C=O) groups is 1. The summed E-state index contributed by atoms with van der Waals surface area (Å²) in [5.41, 5.74) is 0. The van der Waals surface area contributed by atoms with Crippen LogP contribution < -0.4 is 5.32 Å². The summed E-state index contributed by atoms with van der Waals surface area (Å²) < 4.78 is 0. The van der Waals surface area contributed by atoms with Crippen LogP contribution >= 0.6 is 0 Å². The Morgan fingerprint density at radius 3 is 2.83 bits per heavy atom. The average molecular weight is 252 g/mol. The fourth-order valence-electron chi connectivity index (χ4n) is 3.48. The average Bonchev–Trinajstić information content (AvgIpc) is 2.62. The van der Waals surface area contributed by atoms with Gasteiger partial charge < -0.3 is 10.2 Å². The van der Waals surface area contributed by atoms with Crippen LogP contribution in [-0.2, 0) is 4.79 Å². The minimum absolute atomic E-state index is 0.272. The lowest BCUT2D eigenvalue weighted by Gasteiger charge is -2.35. The second-order valence-electron chi connectivity index (χ2n) is 6.02. The summed E-state index contributed by atoms with van der Waals surface area (Å²) in [5, 5.41) is 3.44. The Hall–Kier alpha value is -0.570. The number of nitrogens with one attached hydrogen (secondary N) is 1. The van der Waals surface area contributed by atoms with Gasteiger partial charge in [0.25, 0.3) is 0 Å². The van der Waals surface area contributed by atoms with Crippen LogP contribution in [0.15, 0.2) is 0 Å². The SMILES string of the molecule is CCC1CCCCCN1C(=O)C1CCNC(C)C1. The predicted molar refractivity (Wildman–Crippen MR) is 74.4 cm³/mol. The highest BCUT2D eigenvalue weighted by atomic mass is 16.2. The van der Waals surface area contributed by atoms with E-state index >= 15 is 0 Å². The molecule has 0 aromatic rings. The summed E-state index contributed by atoms with van der Waals surface area (Å²) in [5.74, 6) is 0.713. The van der Waals surface area contributed by atoms with Crippen molar-refractivity contribution in [3.8, 4) is 0 Å². The number of likely N-dealkylation sites (tertiary alicyclic amines) is 1. The molecule has 2 rings (SSSR count). The van der Waals surface area contributed by atoms with E-state index in [9.17, 15) is 4.79 Å². The van der Waals surface area contributed by atoms with E-state index in [1.54, 1.807) is 0 Å². The van der Waals surface area contributed by atoms with Gasteiger partial charge in [0.05, 0.1) is 0 Å². The van der Waals surface area contributed by atoms with Crippen molar-refractivity contribution < 1.29 is 4.79 Å². The third-order valence-corrected chi connectivity index (χ3v) is 4.60. The van der Waals surface area contributed by atoms with Gasteiger partial charge >= 0.3 is 0 Å². The van der Waals surface area contributed by atoms with Crippen molar-refractivity contribution in [1.82, 2.24) is 10.2 Å². The van der Waals surface area contributed by atoms with Gasteiger partial charge in [0, 0.05) is 24.5 Å². The van der Waals surface area contributed by atoms with Crippen molar-refractivity contribution in [1.29, 1.82) is 0 Å². The van der Waals surface area contributed by atoms with Crippen LogP contribution in [0.5, 0.6) is 0 Å². The summed E-state index contributed by atoms with van der Waals surface area (Å²) in [6.45, 7) is 6.42. The second kappa shape index (κ2) is 6.55. The Bertz CT molecular complexity index is 280. The predicted octanol–water partition coefficient (Wildman–Crippen LogP) is 2.56. The van der Waals surface area contributed by atoms with Gasteiger partial charge in [-0.2, -0.15) is 0 Å². The molecule has 2 aliphatic rings. The molecule has 3 nitrogen and oxygen atoms in total. The minimum atomic E-state index is 0.272. The number of piperidine rings is 1. The number of rotatable bonds is 2. The summed E-state index contributed by atoms with van der Waals surface area (Å²) in [4.78, 5) is 14.9. The summed E-state index contributed by atoms with van der Waals surface area (Å²) >= 11 is 0. The van der Waals surface area contributed by atoms with E-state index < -0.39 is 0 Å². The molecule has 0 bridgehead atoms. The third-order valence-electron chi connectivity index (χ3n) is 4.60. The van der Waals surface area contributed by atoms with Gasteiger partial charge in [-0.25, -0.2) is 0 Å². The Morgan fingerprint density at radius 2 is 2.11 bits per heavy atom. The van der Waals surface area contributed by atoms with Crippen LogP contribution in [0.3, 0.4) is 0 Å². The molecule has 2 heterocycles. The molecular weight excluding hydrogens is 224 g/mol. The highest BCUT2D eigenvalue weighted by molar-refractivity contribution is 5.79. The zero-order valence-electron chi connectivity index (χ0n) is 12.0. The molecule has 0 spiro atoms. The molecule has 3 atom stereocenters. The van der Waals surface area contributed by atoms with Crippen LogP contribution in [0.25, 0.3) is 0 Å². The molecule has 2 fully saturated rings. The molecule has 0 radical (unpaired) electrons. The molecule has 1 N–H and O–H groups in total. The number of hydrogen-bond acceptors (Lipinski definition) is 2. The van der Waals surface area contributed by atoms with Gasteiger partial charge in [-0.1, -0.05) is 19.8 Å². The maximum atomic E-state index is 12.7. The Morgan fingerprint density at radius 1 is 1.28 bits per heavy atom. The fourth-order valence-corrected chi connectivity index (χ4v) is 3.48. The first-order chi connectivity index (χ1) is 8.72. The Kier molecular flexibility index (Phi) is 5.04. The van der Waals surface area contributed by atoms with Gasteiger partial charge in [-0.05, 0) is 45.6 Å². The molecule has 3 heteroatoms. The normalized spacial score (nSPS) is 34.1. The number of amides is 1. The molecule has 2 saturated heterocycles. The fraction of sp³-hybridized carbons (Fsp3) is 0.933.